The zero-order chi connectivity index (χ0) is 20.2. The van der Waals surface area contributed by atoms with Gasteiger partial charge in [-0.1, -0.05) is 38.1 Å². The van der Waals surface area contributed by atoms with Crippen LogP contribution in [0.15, 0.2) is 54.7 Å². The van der Waals surface area contributed by atoms with Crippen molar-refractivity contribution in [1.82, 2.24) is 14.9 Å². The van der Waals surface area contributed by atoms with Crippen molar-refractivity contribution >= 4 is 22.8 Å². The fraction of sp³-hybridized carbons (Fsp3) is 0.348. The molecule has 6 nitrogen and oxygen atoms in total. The van der Waals surface area contributed by atoms with Gasteiger partial charge in [0.15, 0.2) is 6.61 Å². The Labute approximate surface area is 171 Å². The van der Waals surface area contributed by atoms with Crippen LogP contribution >= 0.6 is 0 Å². The second-order valence-electron chi connectivity index (χ2n) is 7.60. The number of ether oxygens (including phenoxy) is 1. The summed E-state index contributed by atoms with van der Waals surface area (Å²) in [6.45, 7) is 7.14. The largest absolute Gasteiger partial charge is 0.484 e. The van der Waals surface area contributed by atoms with Crippen LogP contribution in [0.2, 0.25) is 0 Å². The minimum absolute atomic E-state index is 0.0178. The number of hydrogen-bond acceptors (Lipinski definition) is 5. The molecule has 0 atom stereocenters. The van der Waals surface area contributed by atoms with Crippen molar-refractivity contribution in [1.29, 1.82) is 0 Å². The highest BCUT2D eigenvalue weighted by atomic mass is 16.5. The van der Waals surface area contributed by atoms with Gasteiger partial charge in [0, 0.05) is 26.2 Å². The monoisotopic (exact) mass is 390 g/mol. The fourth-order valence-corrected chi connectivity index (χ4v) is 3.48. The topological polar surface area (TPSA) is 58.6 Å². The van der Waals surface area contributed by atoms with Crippen LogP contribution in [-0.2, 0) is 4.79 Å². The Kier molecular flexibility index (Phi) is 5.60. The quantitative estimate of drug-likeness (QED) is 0.668. The lowest BCUT2D eigenvalue weighted by molar-refractivity contribution is -0.133. The van der Waals surface area contributed by atoms with E-state index in [1.807, 2.05) is 53.6 Å². The summed E-state index contributed by atoms with van der Waals surface area (Å²) in [6.07, 6.45) is 1.81. The van der Waals surface area contributed by atoms with E-state index in [1.54, 1.807) is 0 Å². The number of para-hydroxylation sites is 2. The van der Waals surface area contributed by atoms with Gasteiger partial charge in [0.25, 0.3) is 5.91 Å². The van der Waals surface area contributed by atoms with Crippen LogP contribution in [-0.4, -0.2) is 53.6 Å². The van der Waals surface area contributed by atoms with E-state index in [0.717, 1.165) is 35.7 Å². The molecular formula is C23H26N4O2. The van der Waals surface area contributed by atoms with Crippen molar-refractivity contribution in [3.63, 3.8) is 0 Å². The summed E-state index contributed by atoms with van der Waals surface area (Å²) in [5.41, 5.74) is 2.99. The van der Waals surface area contributed by atoms with Gasteiger partial charge in [0.05, 0.1) is 17.2 Å². The third-order valence-electron chi connectivity index (χ3n) is 5.28. The van der Waals surface area contributed by atoms with Gasteiger partial charge in [-0.15, -0.1) is 0 Å². The predicted molar refractivity (Wildman–Crippen MR) is 114 cm³/mol. The van der Waals surface area contributed by atoms with Crippen molar-refractivity contribution in [3.8, 4) is 5.75 Å². The summed E-state index contributed by atoms with van der Waals surface area (Å²) >= 11 is 0. The van der Waals surface area contributed by atoms with Crippen molar-refractivity contribution in [2.75, 3.05) is 37.7 Å². The van der Waals surface area contributed by atoms with Crippen molar-refractivity contribution < 1.29 is 9.53 Å². The van der Waals surface area contributed by atoms with Crippen LogP contribution in [0.4, 0.5) is 5.82 Å². The molecule has 1 amide bonds. The van der Waals surface area contributed by atoms with E-state index in [1.165, 1.54) is 5.56 Å². The normalized spacial score (nSPS) is 14.4. The molecule has 1 aliphatic heterocycles. The van der Waals surface area contributed by atoms with Gasteiger partial charge in [0.2, 0.25) is 0 Å². The number of hydrogen-bond donors (Lipinski definition) is 0. The maximum absolute atomic E-state index is 12.6. The standard InChI is InChI=1S/C23H26N4O2/c1-17(2)18-6-5-7-19(14-18)29-16-23(28)27-12-10-26(11-13-27)22-15-24-20-8-3-4-9-21(20)25-22/h3-9,14-15,17H,10-13,16H2,1-2H3. The van der Waals surface area contributed by atoms with E-state index in [9.17, 15) is 4.79 Å². The Balaban J connectivity index is 1.31. The summed E-state index contributed by atoms with van der Waals surface area (Å²) in [4.78, 5) is 25.8. The zero-order valence-corrected chi connectivity index (χ0v) is 16.9. The minimum Gasteiger partial charge on any atom is -0.484 e. The van der Waals surface area contributed by atoms with Gasteiger partial charge in [-0.25, -0.2) is 4.98 Å². The highest BCUT2D eigenvalue weighted by Gasteiger charge is 2.22. The first-order chi connectivity index (χ1) is 14.1. The van der Waals surface area contributed by atoms with E-state index < -0.39 is 0 Å². The number of aromatic nitrogens is 2. The summed E-state index contributed by atoms with van der Waals surface area (Å²) < 4.78 is 5.74. The SMILES string of the molecule is CC(C)c1cccc(OCC(=O)N2CCN(c3cnc4ccccc4n3)CC2)c1. The number of carbonyl (C=O) groups is 1. The molecule has 3 aromatic rings. The molecule has 6 heteroatoms. The van der Waals surface area contributed by atoms with Gasteiger partial charge in [-0.3, -0.25) is 9.78 Å². The van der Waals surface area contributed by atoms with Crippen LogP contribution in [0.25, 0.3) is 11.0 Å². The highest BCUT2D eigenvalue weighted by Crippen LogP contribution is 2.20. The molecule has 4 rings (SSSR count). The van der Waals surface area contributed by atoms with Crippen LogP contribution in [0, 0.1) is 0 Å². The lowest BCUT2D eigenvalue weighted by Crippen LogP contribution is -2.50. The number of fused-ring (bicyclic) bond motifs is 1. The smallest absolute Gasteiger partial charge is 0.260 e. The van der Waals surface area contributed by atoms with Gasteiger partial charge < -0.3 is 14.5 Å². The summed E-state index contributed by atoms with van der Waals surface area (Å²) in [5, 5.41) is 0. The molecule has 29 heavy (non-hydrogen) atoms. The lowest BCUT2D eigenvalue weighted by atomic mass is 10.0. The van der Waals surface area contributed by atoms with E-state index in [2.05, 4.69) is 29.8 Å². The van der Waals surface area contributed by atoms with E-state index in [0.29, 0.717) is 19.0 Å². The lowest BCUT2D eigenvalue weighted by Gasteiger charge is -2.35. The van der Waals surface area contributed by atoms with E-state index in [4.69, 9.17) is 9.72 Å². The predicted octanol–water partition coefficient (Wildman–Crippen LogP) is 3.48. The molecule has 0 bridgehead atoms. The minimum atomic E-state index is 0.0178. The Morgan fingerprint density at radius 3 is 2.55 bits per heavy atom. The molecule has 0 spiro atoms. The molecule has 0 aliphatic carbocycles. The van der Waals surface area contributed by atoms with Gasteiger partial charge >= 0.3 is 0 Å². The van der Waals surface area contributed by atoms with Crippen LogP contribution in [0.5, 0.6) is 5.75 Å². The molecule has 1 aliphatic rings. The molecule has 150 valence electrons. The molecule has 1 fully saturated rings. The Morgan fingerprint density at radius 1 is 1.03 bits per heavy atom. The van der Waals surface area contributed by atoms with Crippen LogP contribution in [0.3, 0.4) is 0 Å². The van der Waals surface area contributed by atoms with Crippen LogP contribution in [0.1, 0.15) is 25.3 Å². The number of amides is 1. The Bertz CT molecular complexity index is 997. The van der Waals surface area contributed by atoms with E-state index in [-0.39, 0.29) is 12.5 Å². The summed E-state index contributed by atoms with van der Waals surface area (Å²) in [7, 11) is 0. The number of piperazine rings is 1. The molecule has 0 radical (unpaired) electrons. The first kappa shape index (κ1) is 19.2. The van der Waals surface area contributed by atoms with Gasteiger partial charge in [-0.05, 0) is 35.7 Å². The maximum atomic E-state index is 12.6. The van der Waals surface area contributed by atoms with Gasteiger partial charge in [0.1, 0.15) is 11.6 Å². The van der Waals surface area contributed by atoms with Crippen molar-refractivity contribution in [2.45, 2.75) is 19.8 Å². The number of carbonyl (C=O) groups excluding carboxylic acids is 1. The Hall–Kier alpha value is -3.15. The maximum Gasteiger partial charge on any atom is 0.260 e. The third kappa shape index (κ3) is 4.47. The summed E-state index contributed by atoms with van der Waals surface area (Å²) in [5.74, 6) is 2.05. The first-order valence-corrected chi connectivity index (χ1v) is 10.1. The zero-order valence-electron chi connectivity index (χ0n) is 16.9. The number of benzene rings is 2. The molecule has 2 aromatic carbocycles. The Morgan fingerprint density at radius 2 is 1.79 bits per heavy atom. The van der Waals surface area contributed by atoms with Crippen molar-refractivity contribution in [3.05, 3.63) is 60.3 Å². The summed E-state index contributed by atoms with van der Waals surface area (Å²) in [6, 6.07) is 15.8. The van der Waals surface area contributed by atoms with Crippen LogP contribution < -0.4 is 9.64 Å². The van der Waals surface area contributed by atoms with Gasteiger partial charge in [-0.2, -0.15) is 0 Å². The first-order valence-electron chi connectivity index (χ1n) is 10.1. The van der Waals surface area contributed by atoms with E-state index >= 15 is 0 Å². The third-order valence-corrected chi connectivity index (χ3v) is 5.28. The number of anilines is 1. The second kappa shape index (κ2) is 8.47. The van der Waals surface area contributed by atoms with Crippen molar-refractivity contribution in [2.24, 2.45) is 0 Å². The molecular weight excluding hydrogens is 364 g/mol. The highest BCUT2D eigenvalue weighted by molar-refractivity contribution is 5.78. The molecule has 2 heterocycles. The second-order valence-corrected chi connectivity index (χ2v) is 7.60. The molecule has 0 N–H and O–H groups in total. The number of nitrogens with zero attached hydrogens (tertiary/aromatic N) is 4. The average Bonchev–Trinajstić information content (AvgIpc) is 2.77. The molecule has 1 saturated heterocycles. The average molecular weight is 390 g/mol. The number of rotatable bonds is 5. The molecule has 0 unspecified atom stereocenters. The molecule has 1 aromatic heterocycles. The molecule has 0 saturated carbocycles. The fourth-order valence-electron chi connectivity index (χ4n) is 3.48.